The van der Waals surface area contributed by atoms with E-state index in [0.29, 0.717) is 19.3 Å². The molecule has 2 amide bonds. The Morgan fingerprint density at radius 3 is 1.96 bits per heavy atom. The minimum absolute atomic E-state index is 0.294. The maximum atomic E-state index is 12.6. The molecule has 0 saturated heterocycles. The number of aryl methyl sites for hydroxylation is 1. The summed E-state index contributed by atoms with van der Waals surface area (Å²) in [5.41, 5.74) is 2.01. The van der Waals surface area contributed by atoms with Crippen LogP contribution in [0.3, 0.4) is 0 Å². The molecule has 6 nitrogen and oxygen atoms in total. The largest absolute Gasteiger partial charge is 0.480 e. The first-order valence-corrected chi connectivity index (χ1v) is 9.34. The van der Waals surface area contributed by atoms with E-state index in [0.717, 1.165) is 17.5 Å². The molecule has 0 fully saturated rings. The zero-order chi connectivity index (χ0) is 20.4. The second-order valence-corrected chi connectivity index (χ2v) is 6.72. The zero-order valence-corrected chi connectivity index (χ0v) is 15.9. The Labute approximate surface area is 165 Å². The molecule has 6 heteroatoms. The summed E-state index contributed by atoms with van der Waals surface area (Å²) in [7, 11) is 0. The van der Waals surface area contributed by atoms with Gasteiger partial charge in [-0.25, -0.2) is 4.79 Å². The normalized spacial score (nSPS) is 12.6. The molecular weight excluding hydrogens is 356 g/mol. The highest BCUT2D eigenvalue weighted by molar-refractivity contribution is 5.90. The van der Waals surface area contributed by atoms with Crippen molar-refractivity contribution in [1.82, 2.24) is 10.6 Å². The minimum atomic E-state index is -1.08. The van der Waals surface area contributed by atoms with Crippen molar-refractivity contribution in [1.29, 1.82) is 0 Å². The van der Waals surface area contributed by atoms with Crippen LogP contribution in [0.5, 0.6) is 0 Å². The van der Waals surface area contributed by atoms with Crippen LogP contribution in [0.25, 0.3) is 0 Å². The number of nitrogens with one attached hydrogen (secondary N) is 2. The van der Waals surface area contributed by atoms with Crippen molar-refractivity contribution in [3.8, 4) is 0 Å². The lowest BCUT2D eigenvalue weighted by atomic mass is 10.0. The predicted octanol–water partition coefficient (Wildman–Crippen LogP) is 2.33. The fourth-order valence-corrected chi connectivity index (χ4v) is 2.99. The van der Waals surface area contributed by atoms with Crippen LogP contribution in [-0.4, -0.2) is 35.0 Å². The van der Waals surface area contributed by atoms with Crippen molar-refractivity contribution in [2.24, 2.45) is 0 Å². The number of carbonyl (C=O) groups is 3. The van der Waals surface area contributed by atoms with Crippen molar-refractivity contribution in [3.63, 3.8) is 0 Å². The summed E-state index contributed by atoms with van der Waals surface area (Å²) in [5, 5.41) is 14.7. The van der Waals surface area contributed by atoms with Crippen molar-refractivity contribution >= 4 is 17.8 Å². The molecule has 0 aliphatic heterocycles. The first-order valence-electron chi connectivity index (χ1n) is 9.34. The molecule has 0 bridgehead atoms. The quantitative estimate of drug-likeness (QED) is 0.588. The summed E-state index contributed by atoms with van der Waals surface area (Å²) < 4.78 is 0. The van der Waals surface area contributed by atoms with Crippen molar-refractivity contribution in [3.05, 3.63) is 71.8 Å². The number of carbonyl (C=O) groups excluding carboxylic acids is 2. The van der Waals surface area contributed by atoms with E-state index in [1.54, 1.807) is 0 Å². The lowest BCUT2D eigenvalue weighted by Gasteiger charge is -2.21. The summed E-state index contributed by atoms with van der Waals surface area (Å²) >= 11 is 0. The molecule has 0 saturated carbocycles. The third-order valence-corrected chi connectivity index (χ3v) is 4.39. The Kier molecular flexibility index (Phi) is 8.21. The van der Waals surface area contributed by atoms with E-state index in [9.17, 15) is 19.5 Å². The Morgan fingerprint density at radius 1 is 0.857 bits per heavy atom. The highest BCUT2D eigenvalue weighted by Crippen LogP contribution is 2.08. The molecule has 0 heterocycles. The summed E-state index contributed by atoms with van der Waals surface area (Å²) in [6.45, 7) is 1.33. The first-order chi connectivity index (χ1) is 13.5. The third-order valence-electron chi connectivity index (χ3n) is 4.39. The number of aliphatic carboxylic acids is 1. The lowest BCUT2D eigenvalue weighted by Crippen LogP contribution is -2.52. The van der Waals surface area contributed by atoms with Gasteiger partial charge in [0.25, 0.3) is 0 Å². The average Bonchev–Trinajstić information content (AvgIpc) is 2.67. The van der Waals surface area contributed by atoms with Gasteiger partial charge in [-0.05, 0) is 30.4 Å². The number of amides is 2. The summed E-state index contributed by atoms with van der Waals surface area (Å²) in [6, 6.07) is 17.2. The maximum absolute atomic E-state index is 12.6. The van der Waals surface area contributed by atoms with Gasteiger partial charge in [0.2, 0.25) is 11.8 Å². The average molecular weight is 382 g/mol. The van der Waals surface area contributed by atoms with E-state index in [1.165, 1.54) is 6.92 Å². The first kappa shape index (κ1) is 21.2. The van der Waals surface area contributed by atoms with Gasteiger partial charge in [-0.3, -0.25) is 9.59 Å². The maximum Gasteiger partial charge on any atom is 0.326 e. The lowest BCUT2D eigenvalue weighted by molar-refractivity contribution is -0.142. The SMILES string of the molecule is CC(=O)N[C@H](Cc1ccccc1)C(=O)N[C@@H](CCCc1ccccc1)C(=O)O. The zero-order valence-electron chi connectivity index (χ0n) is 15.9. The number of benzene rings is 2. The molecular formula is C22H26N2O4. The number of carboxylic acid groups (broad SMARTS) is 1. The van der Waals surface area contributed by atoms with Gasteiger partial charge in [-0.1, -0.05) is 60.7 Å². The number of hydrogen-bond donors (Lipinski definition) is 3. The third kappa shape index (κ3) is 7.23. The molecule has 148 valence electrons. The summed E-state index contributed by atoms with van der Waals surface area (Å²) in [5.74, 6) is -1.92. The van der Waals surface area contributed by atoms with E-state index in [1.807, 2.05) is 60.7 Å². The van der Waals surface area contributed by atoms with Crippen LogP contribution in [0.4, 0.5) is 0 Å². The fraction of sp³-hybridized carbons (Fsp3) is 0.318. The number of carboxylic acids is 1. The van der Waals surface area contributed by atoms with Crippen LogP contribution in [0.1, 0.15) is 30.9 Å². The van der Waals surface area contributed by atoms with Gasteiger partial charge < -0.3 is 15.7 Å². The van der Waals surface area contributed by atoms with E-state index in [2.05, 4.69) is 10.6 Å². The van der Waals surface area contributed by atoms with Gasteiger partial charge in [0.15, 0.2) is 0 Å². The standard InChI is InChI=1S/C22H26N2O4/c1-16(25)23-20(15-18-11-6-3-7-12-18)21(26)24-19(22(27)28)14-8-13-17-9-4-2-5-10-17/h2-7,9-12,19-20H,8,13-15H2,1H3,(H,23,25)(H,24,26)(H,27,28)/t19-,20+/m0/s1. The van der Waals surface area contributed by atoms with Gasteiger partial charge >= 0.3 is 5.97 Å². The molecule has 2 atom stereocenters. The van der Waals surface area contributed by atoms with Gasteiger partial charge in [-0.2, -0.15) is 0 Å². The molecule has 0 spiro atoms. The van der Waals surface area contributed by atoms with Gasteiger partial charge in [0.1, 0.15) is 12.1 Å². The molecule has 0 unspecified atom stereocenters. The smallest absolute Gasteiger partial charge is 0.326 e. The van der Waals surface area contributed by atoms with E-state index in [-0.39, 0.29) is 5.91 Å². The van der Waals surface area contributed by atoms with Crippen molar-refractivity contribution in [2.75, 3.05) is 0 Å². The molecule has 0 radical (unpaired) electrons. The van der Waals surface area contributed by atoms with Crippen LogP contribution < -0.4 is 10.6 Å². The molecule has 3 N–H and O–H groups in total. The van der Waals surface area contributed by atoms with Crippen molar-refractivity contribution < 1.29 is 19.5 Å². The minimum Gasteiger partial charge on any atom is -0.480 e. The summed E-state index contributed by atoms with van der Waals surface area (Å²) in [6.07, 6.45) is 1.97. The highest BCUT2D eigenvalue weighted by Gasteiger charge is 2.25. The van der Waals surface area contributed by atoms with Crippen LogP contribution >= 0.6 is 0 Å². The Morgan fingerprint density at radius 2 is 1.43 bits per heavy atom. The summed E-state index contributed by atoms with van der Waals surface area (Å²) in [4.78, 5) is 35.7. The number of hydrogen-bond acceptors (Lipinski definition) is 3. The molecule has 2 aromatic rings. The van der Waals surface area contributed by atoms with Gasteiger partial charge in [0.05, 0.1) is 0 Å². The molecule has 0 aromatic heterocycles. The monoisotopic (exact) mass is 382 g/mol. The topological polar surface area (TPSA) is 95.5 Å². The molecule has 28 heavy (non-hydrogen) atoms. The number of rotatable bonds is 10. The molecule has 2 rings (SSSR count). The molecule has 0 aliphatic rings. The van der Waals surface area contributed by atoms with E-state index >= 15 is 0 Å². The second-order valence-electron chi connectivity index (χ2n) is 6.72. The van der Waals surface area contributed by atoms with Crippen LogP contribution in [0, 0.1) is 0 Å². The highest BCUT2D eigenvalue weighted by atomic mass is 16.4. The van der Waals surface area contributed by atoms with E-state index < -0.39 is 24.0 Å². The van der Waals surface area contributed by atoms with Crippen LogP contribution in [0.2, 0.25) is 0 Å². The van der Waals surface area contributed by atoms with Gasteiger partial charge in [0, 0.05) is 13.3 Å². The van der Waals surface area contributed by atoms with Crippen LogP contribution in [-0.2, 0) is 27.2 Å². The van der Waals surface area contributed by atoms with Crippen LogP contribution in [0.15, 0.2) is 60.7 Å². The Hall–Kier alpha value is -3.15. The fourth-order valence-electron chi connectivity index (χ4n) is 2.99. The van der Waals surface area contributed by atoms with Gasteiger partial charge in [-0.15, -0.1) is 0 Å². The molecule has 2 aromatic carbocycles. The Balaban J connectivity index is 1.96. The molecule has 0 aliphatic carbocycles. The predicted molar refractivity (Wildman–Crippen MR) is 107 cm³/mol. The van der Waals surface area contributed by atoms with Crippen molar-refractivity contribution in [2.45, 2.75) is 44.7 Å². The Bertz CT molecular complexity index is 778. The second kappa shape index (κ2) is 10.9. The van der Waals surface area contributed by atoms with E-state index in [4.69, 9.17) is 0 Å².